The fraction of sp³-hybridized carbons (Fsp3) is 0.400. The number of anilines is 2. The van der Waals surface area contributed by atoms with Crippen LogP contribution in [0.25, 0.3) is 0 Å². The number of aryl methyl sites for hydroxylation is 1. The SMILES string of the molecule is Cc1cc(NCCS(C)(=O)=O)ccc1N.O=S(=O)(O)O. The largest absolute Gasteiger partial charge is 0.399 e. The van der Waals surface area contributed by atoms with Gasteiger partial charge >= 0.3 is 10.4 Å². The number of hydrogen-bond acceptors (Lipinski definition) is 6. The van der Waals surface area contributed by atoms with Gasteiger partial charge in [0.1, 0.15) is 9.84 Å². The molecule has 0 atom stereocenters. The maximum atomic E-state index is 10.9. The lowest BCUT2D eigenvalue weighted by Crippen LogP contribution is -2.14. The van der Waals surface area contributed by atoms with Crippen molar-refractivity contribution in [1.29, 1.82) is 0 Å². The molecule has 20 heavy (non-hydrogen) atoms. The van der Waals surface area contributed by atoms with Crippen LogP contribution in [0.3, 0.4) is 0 Å². The highest BCUT2D eigenvalue weighted by Gasteiger charge is 2.01. The van der Waals surface area contributed by atoms with E-state index in [0.717, 1.165) is 16.9 Å². The molecule has 0 saturated heterocycles. The van der Waals surface area contributed by atoms with E-state index in [2.05, 4.69) is 5.32 Å². The maximum absolute atomic E-state index is 10.9. The molecule has 0 amide bonds. The topological polar surface area (TPSA) is 147 Å². The third-order valence-electron chi connectivity index (χ3n) is 2.07. The van der Waals surface area contributed by atoms with Crippen molar-refractivity contribution in [2.75, 3.05) is 29.6 Å². The average molecular weight is 326 g/mol. The van der Waals surface area contributed by atoms with Crippen LogP contribution in [0.15, 0.2) is 18.2 Å². The van der Waals surface area contributed by atoms with Crippen molar-refractivity contribution in [3.8, 4) is 0 Å². The Morgan fingerprint density at radius 3 is 2.10 bits per heavy atom. The van der Waals surface area contributed by atoms with Gasteiger partial charge in [0.15, 0.2) is 0 Å². The van der Waals surface area contributed by atoms with Crippen LogP contribution in [0.1, 0.15) is 5.56 Å². The number of nitrogens with one attached hydrogen (secondary N) is 1. The molecule has 0 aliphatic carbocycles. The molecule has 0 spiro atoms. The van der Waals surface area contributed by atoms with Gasteiger partial charge in [0.2, 0.25) is 0 Å². The Morgan fingerprint density at radius 2 is 1.70 bits per heavy atom. The van der Waals surface area contributed by atoms with E-state index in [9.17, 15) is 8.42 Å². The molecule has 1 aromatic rings. The number of sulfone groups is 1. The zero-order chi connectivity index (χ0) is 16.0. The Hall–Kier alpha value is -1.36. The maximum Gasteiger partial charge on any atom is 0.394 e. The van der Waals surface area contributed by atoms with E-state index in [4.69, 9.17) is 23.3 Å². The first-order chi connectivity index (χ1) is 8.88. The fourth-order valence-electron chi connectivity index (χ4n) is 1.17. The third-order valence-corrected chi connectivity index (χ3v) is 3.02. The Bertz CT molecular complexity index is 632. The third kappa shape index (κ3) is 11.7. The first-order valence-corrected chi connectivity index (χ1v) is 8.82. The summed E-state index contributed by atoms with van der Waals surface area (Å²) in [4.78, 5) is 0. The van der Waals surface area contributed by atoms with E-state index in [1.807, 2.05) is 19.1 Å². The van der Waals surface area contributed by atoms with Gasteiger partial charge in [-0.15, -0.1) is 0 Å². The zero-order valence-corrected chi connectivity index (χ0v) is 12.7. The molecular formula is C10H18N2O6S2. The van der Waals surface area contributed by atoms with E-state index in [-0.39, 0.29) is 5.75 Å². The summed E-state index contributed by atoms with van der Waals surface area (Å²) in [5.74, 6) is 0.135. The van der Waals surface area contributed by atoms with Gasteiger partial charge in [0.05, 0.1) is 5.75 Å². The van der Waals surface area contributed by atoms with E-state index < -0.39 is 20.2 Å². The second-order valence-corrected chi connectivity index (χ2v) is 7.23. The minimum absolute atomic E-state index is 0.135. The molecule has 0 saturated carbocycles. The van der Waals surface area contributed by atoms with Gasteiger partial charge in [-0.3, -0.25) is 9.11 Å². The van der Waals surface area contributed by atoms with Crippen LogP contribution < -0.4 is 11.1 Å². The molecule has 10 heteroatoms. The summed E-state index contributed by atoms with van der Waals surface area (Å²) in [5, 5.41) is 3.03. The molecule has 0 unspecified atom stereocenters. The predicted octanol–water partition coefficient (Wildman–Crippen LogP) is 0.381. The van der Waals surface area contributed by atoms with Crippen LogP contribution in [0, 0.1) is 6.92 Å². The summed E-state index contributed by atoms with van der Waals surface area (Å²) in [6, 6.07) is 5.54. The van der Waals surface area contributed by atoms with Crippen molar-refractivity contribution in [2.45, 2.75) is 6.92 Å². The summed E-state index contributed by atoms with van der Waals surface area (Å²) >= 11 is 0. The second-order valence-electron chi connectivity index (χ2n) is 4.08. The van der Waals surface area contributed by atoms with Gasteiger partial charge in [0, 0.05) is 24.2 Å². The molecule has 5 N–H and O–H groups in total. The lowest BCUT2D eigenvalue weighted by Gasteiger charge is -2.07. The molecule has 0 aliphatic heterocycles. The molecule has 0 aliphatic rings. The number of nitrogen functional groups attached to an aromatic ring is 1. The van der Waals surface area contributed by atoms with Gasteiger partial charge in [-0.05, 0) is 30.7 Å². The van der Waals surface area contributed by atoms with E-state index in [1.165, 1.54) is 6.26 Å². The van der Waals surface area contributed by atoms with Crippen molar-refractivity contribution in [2.24, 2.45) is 0 Å². The molecule has 8 nitrogen and oxygen atoms in total. The Balaban J connectivity index is 0.000000621. The second kappa shape index (κ2) is 7.43. The van der Waals surface area contributed by atoms with Gasteiger partial charge in [-0.1, -0.05) is 0 Å². The fourth-order valence-corrected chi connectivity index (χ4v) is 1.64. The molecule has 0 aromatic heterocycles. The van der Waals surface area contributed by atoms with Gasteiger partial charge in [0.25, 0.3) is 0 Å². The Morgan fingerprint density at radius 1 is 1.20 bits per heavy atom. The molecule has 0 heterocycles. The van der Waals surface area contributed by atoms with Gasteiger partial charge < -0.3 is 11.1 Å². The summed E-state index contributed by atoms with van der Waals surface area (Å²) in [6.07, 6.45) is 1.23. The summed E-state index contributed by atoms with van der Waals surface area (Å²) < 4.78 is 53.3. The van der Waals surface area contributed by atoms with E-state index in [0.29, 0.717) is 6.54 Å². The molecular weight excluding hydrogens is 308 g/mol. The van der Waals surface area contributed by atoms with Crippen molar-refractivity contribution in [1.82, 2.24) is 0 Å². The van der Waals surface area contributed by atoms with Crippen LogP contribution in [0.4, 0.5) is 11.4 Å². The summed E-state index contributed by atoms with van der Waals surface area (Å²) in [6.45, 7) is 2.33. The molecule has 1 rings (SSSR count). The lowest BCUT2D eigenvalue weighted by atomic mass is 10.2. The monoisotopic (exact) mass is 326 g/mol. The van der Waals surface area contributed by atoms with Crippen molar-refractivity contribution < 1.29 is 25.9 Å². The van der Waals surface area contributed by atoms with Crippen molar-refractivity contribution in [3.63, 3.8) is 0 Å². The molecule has 0 fully saturated rings. The van der Waals surface area contributed by atoms with Gasteiger partial charge in [-0.25, -0.2) is 8.42 Å². The van der Waals surface area contributed by atoms with Crippen LogP contribution in [0.2, 0.25) is 0 Å². The lowest BCUT2D eigenvalue weighted by molar-refractivity contribution is 0.381. The first-order valence-electron chi connectivity index (χ1n) is 5.36. The minimum atomic E-state index is -4.67. The molecule has 1 aromatic carbocycles. The number of hydrogen-bond donors (Lipinski definition) is 4. The predicted molar refractivity (Wildman–Crippen MR) is 78.0 cm³/mol. The highest BCUT2D eigenvalue weighted by atomic mass is 32.3. The molecule has 0 radical (unpaired) electrons. The van der Waals surface area contributed by atoms with Crippen LogP contribution in [-0.2, 0) is 20.2 Å². The quantitative estimate of drug-likeness (QED) is 0.458. The smallest absolute Gasteiger partial charge is 0.394 e. The minimum Gasteiger partial charge on any atom is -0.399 e. The normalized spacial score (nSPS) is 11.4. The number of rotatable bonds is 4. The highest BCUT2D eigenvalue weighted by Crippen LogP contribution is 2.16. The summed E-state index contributed by atoms with van der Waals surface area (Å²) in [7, 11) is -7.57. The van der Waals surface area contributed by atoms with E-state index in [1.54, 1.807) is 6.07 Å². The Kier molecular flexibility index (Phi) is 6.92. The highest BCUT2D eigenvalue weighted by molar-refractivity contribution is 7.90. The van der Waals surface area contributed by atoms with E-state index >= 15 is 0 Å². The number of nitrogens with two attached hydrogens (primary N) is 1. The first kappa shape index (κ1) is 18.6. The van der Waals surface area contributed by atoms with Gasteiger partial charge in [-0.2, -0.15) is 8.42 Å². The molecule has 116 valence electrons. The standard InChI is InChI=1S/C10H16N2O2S.H2O4S/c1-8-7-9(3-4-10(8)11)12-5-6-15(2,13)14;1-5(2,3)4/h3-4,7,12H,5-6,11H2,1-2H3;(H2,1,2,3,4). The zero-order valence-electron chi connectivity index (χ0n) is 11.1. The van der Waals surface area contributed by atoms with Crippen LogP contribution >= 0.6 is 0 Å². The molecule has 0 bridgehead atoms. The van der Waals surface area contributed by atoms with Crippen LogP contribution in [0.5, 0.6) is 0 Å². The van der Waals surface area contributed by atoms with Crippen molar-refractivity contribution in [3.05, 3.63) is 23.8 Å². The summed E-state index contributed by atoms with van der Waals surface area (Å²) in [5.41, 5.74) is 8.28. The number of benzene rings is 1. The van der Waals surface area contributed by atoms with Crippen LogP contribution in [-0.4, -0.2) is 44.5 Å². The van der Waals surface area contributed by atoms with Crippen molar-refractivity contribution >= 4 is 31.6 Å². The Labute approximate surface area is 118 Å². The average Bonchev–Trinajstić information content (AvgIpc) is 2.19.